The number of carboxylic acids is 2. The van der Waals surface area contributed by atoms with Gasteiger partial charge in [0.05, 0.1) is 52.2 Å². The Morgan fingerprint density at radius 2 is 1.07 bits per heavy atom. The van der Waals surface area contributed by atoms with Crippen molar-refractivity contribution in [1.29, 1.82) is 0 Å². The Bertz CT molecular complexity index is 2740. The summed E-state index contributed by atoms with van der Waals surface area (Å²) in [4.78, 5) is 34.9. The van der Waals surface area contributed by atoms with E-state index in [1.54, 1.807) is 31.2 Å². The van der Waals surface area contributed by atoms with E-state index in [9.17, 15) is 19.5 Å². The molecule has 72 heavy (non-hydrogen) atoms. The van der Waals surface area contributed by atoms with Gasteiger partial charge in [-0.15, -0.1) is 0 Å². The van der Waals surface area contributed by atoms with Crippen LogP contribution in [0.25, 0.3) is 11.1 Å². The molecule has 374 valence electrons. The van der Waals surface area contributed by atoms with E-state index in [1.807, 2.05) is 84.9 Å². The first-order chi connectivity index (χ1) is 34.7. The summed E-state index contributed by atoms with van der Waals surface area (Å²) in [5, 5.41) is 20.1. The Labute approximate surface area is 428 Å². The molecular formula is C58H56Cl2O12. The number of rotatable bonds is 9. The second-order valence-corrected chi connectivity index (χ2v) is 20.2. The van der Waals surface area contributed by atoms with Gasteiger partial charge < -0.3 is 43.4 Å². The van der Waals surface area contributed by atoms with Crippen molar-refractivity contribution in [3.8, 4) is 11.1 Å². The quantitative estimate of drug-likeness (QED) is 0.132. The van der Waals surface area contributed by atoms with Crippen molar-refractivity contribution in [2.24, 2.45) is 10.8 Å². The van der Waals surface area contributed by atoms with Gasteiger partial charge in [-0.05, 0) is 94.8 Å². The van der Waals surface area contributed by atoms with E-state index in [0.717, 1.165) is 41.8 Å². The molecule has 12 nitrogen and oxygen atoms in total. The maximum Gasteiger partial charge on any atom is 0.369 e. The Kier molecular flexibility index (Phi) is 15.1. The largest absolute Gasteiger partial charge is 0.477 e. The molecule has 4 fully saturated rings. The molecule has 3 saturated heterocycles. The first kappa shape index (κ1) is 51.0. The predicted octanol–water partition coefficient (Wildman–Crippen LogP) is 10.6. The number of methoxy groups -OCH3 is 1. The van der Waals surface area contributed by atoms with Crippen LogP contribution in [-0.4, -0.2) is 86.9 Å². The van der Waals surface area contributed by atoms with Gasteiger partial charge in [0.1, 0.15) is 0 Å². The van der Waals surface area contributed by atoms with E-state index in [4.69, 9.17) is 61.5 Å². The molecule has 6 aromatic rings. The molecule has 1 atom stereocenters. The van der Waals surface area contributed by atoms with Crippen LogP contribution in [0.4, 0.5) is 0 Å². The van der Waals surface area contributed by atoms with Crippen LogP contribution in [0.5, 0.6) is 0 Å². The van der Waals surface area contributed by atoms with Crippen LogP contribution in [0.2, 0.25) is 10.0 Å². The number of carboxylic acid groups (broad SMARTS) is 2. The minimum Gasteiger partial charge on any atom is -0.477 e. The Hall–Kier alpha value is -5.93. The first-order valence-corrected chi connectivity index (χ1v) is 24.6. The Morgan fingerprint density at radius 3 is 1.51 bits per heavy atom. The molecule has 0 bridgehead atoms. The number of carbonyl (C=O) groups is 3. The average molecular weight is 1020 g/mol. The number of hydrogen-bond donors (Lipinski definition) is 2. The summed E-state index contributed by atoms with van der Waals surface area (Å²) >= 11 is 11.9. The van der Waals surface area contributed by atoms with Gasteiger partial charge in [-0.25, -0.2) is 14.4 Å². The van der Waals surface area contributed by atoms with Crippen LogP contribution in [0.3, 0.4) is 0 Å². The summed E-state index contributed by atoms with van der Waals surface area (Å²) in [6.07, 6.45) is 2.41. The van der Waals surface area contributed by atoms with Gasteiger partial charge >= 0.3 is 17.9 Å². The number of benzene rings is 6. The van der Waals surface area contributed by atoms with Crippen molar-refractivity contribution < 1.29 is 57.8 Å². The molecule has 0 aromatic heterocycles. The van der Waals surface area contributed by atoms with Gasteiger partial charge in [0.25, 0.3) is 17.9 Å². The third kappa shape index (κ3) is 10.2. The fourth-order valence-electron chi connectivity index (χ4n) is 10.6. The van der Waals surface area contributed by atoms with Gasteiger partial charge in [0.15, 0.2) is 0 Å². The highest BCUT2D eigenvalue weighted by Gasteiger charge is 2.54. The predicted molar refractivity (Wildman–Crippen MR) is 270 cm³/mol. The standard InChI is InChI=1S/C25H23ClO4.C19H18O4.C14H15ClO4/c26-22-13-11-21(12-14-22)25(23(27)28)29-17-24(18-30-25,15-19-7-3-1-4-8-19)16-20-9-5-2-6-10-20;1-18(17(20)21-2)22-11-19(12-23-18)15-9-5-3-7-13(15)14-8-4-6-10-16(14)19;15-10-3-1-9(2-4-10)11-5-6-14(11)7-18-13(12(16)17)19-8-14/h1-14H,15-18H2,(H,27,28);3-10H,11-12H2,1-2H3;1-4,11,13H,5-8H2,(H,16,17). The van der Waals surface area contributed by atoms with Crippen molar-refractivity contribution in [1.82, 2.24) is 0 Å². The number of hydrogen-bond acceptors (Lipinski definition) is 10. The molecule has 1 saturated carbocycles. The molecule has 3 heterocycles. The summed E-state index contributed by atoms with van der Waals surface area (Å²) in [5.74, 6) is -5.55. The number of ether oxygens (including phenoxy) is 7. The van der Waals surface area contributed by atoms with E-state index < -0.39 is 35.8 Å². The highest BCUT2D eigenvalue weighted by molar-refractivity contribution is 6.30. The molecule has 11 rings (SSSR count). The lowest BCUT2D eigenvalue weighted by molar-refractivity contribution is -0.304. The number of esters is 1. The van der Waals surface area contributed by atoms with E-state index in [1.165, 1.54) is 34.9 Å². The summed E-state index contributed by atoms with van der Waals surface area (Å²) in [6.45, 7) is 3.77. The Morgan fingerprint density at radius 1 is 0.597 bits per heavy atom. The summed E-state index contributed by atoms with van der Waals surface area (Å²) in [7, 11) is 1.34. The van der Waals surface area contributed by atoms with Crippen molar-refractivity contribution >= 4 is 41.1 Å². The lowest BCUT2D eigenvalue weighted by Gasteiger charge is -2.52. The van der Waals surface area contributed by atoms with Crippen molar-refractivity contribution in [3.05, 3.63) is 201 Å². The van der Waals surface area contributed by atoms with Crippen LogP contribution >= 0.6 is 23.2 Å². The molecule has 5 aliphatic rings. The number of aliphatic carboxylic acids is 2. The average Bonchev–Trinajstić information content (AvgIpc) is 3.67. The normalized spacial score (nSPS) is 20.5. The molecule has 6 aromatic carbocycles. The highest BCUT2D eigenvalue weighted by atomic mass is 35.5. The van der Waals surface area contributed by atoms with Crippen LogP contribution < -0.4 is 0 Å². The van der Waals surface area contributed by atoms with E-state index in [-0.39, 0.29) is 29.5 Å². The second kappa shape index (κ2) is 21.3. The van der Waals surface area contributed by atoms with Crippen LogP contribution in [0.1, 0.15) is 59.1 Å². The number of carbonyl (C=O) groups excluding carboxylic acids is 1. The summed E-state index contributed by atoms with van der Waals surface area (Å²) < 4.78 is 39.3. The van der Waals surface area contributed by atoms with Crippen LogP contribution in [0.15, 0.2) is 158 Å². The monoisotopic (exact) mass is 1010 g/mol. The van der Waals surface area contributed by atoms with Crippen molar-refractivity contribution in [2.45, 2.75) is 61.8 Å². The fourth-order valence-corrected chi connectivity index (χ4v) is 10.9. The van der Waals surface area contributed by atoms with Crippen molar-refractivity contribution in [2.75, 3.05) is 46.8 Å². The maximum atomic E-state index is 12.2. The summed E-state index contributed by atoms with van der Waals surface area (Å²) in [5.41, 5.74) is 7.93. The number of fused-ring (bicyclic) bond motifs is 5. The van der Waals surface area contributed by atoms with Gasteiger partial charge in [0.2, 0.25) is 0 Å². The zero-order valence-corrected chi connectivity index (χ0v) is 41.5. The van der Waals surface area contributed by atoms with Crippen LogP contribution in [-0.2, 0) is 71.6 Å². The zero-order chi connectivity index (χ0) is 50.6. The molecule has 0 radical (unpaired) electrons. The fraction of sp³-hybridized carbons (Fsp3) is 0.328. The van der Waals surface area contributed by atoms with E-state index in [2.05, 4.69) is 48.5 Å². The van der Waals surface area contributed by atoms with Crippen LogP contribution in [0, 0.1) is 10.8 Å². The second-order valence-electron chi connectivity index (χ2n) is 19.3. The molecule has 3 aliphatic heterocycles. The first-order valence-electron chi connectivity index (χ1n) is 23.9. The zero-order valence-electron chi connectivity index (χ0n) is 40.0. The van der Waals surface area contributed by atoms with E-state index >= 15 is 0 Å². The minimum absolute atomic E-state index is 0.0697. The third-order valence-electron chi connectivity index (χ3n) is 14.6. The molecule has 0 amide bonds. The molecular weight excluding hydrogens is 960 g/mol. The number of halogens is 2. The molecule has 2 aliphatic carbocycles. The van der Waals surface area contributed by atoms with Gasteiger partial charge in [0, 0.05) is 33.4 Å². The smallest absolute Gasteiger partial charge is 0.369 e. The van der Waals surface area contributed by atoms with E-state index in [0.29, 0.717) is 42.9 Å². The maximum absolute atomic E-state index is 12.2. The summed E-state index contributed by atoms with van der Waals surface area (Å²) in [6, 6.07) is 51.3. The highest BCUT2D eigenvalue weighted by Crippen LogP contribution is 2.55. The van der Waals surface area contributed by atoms with Gasteiger partial charge in [-0.2, -0.15) is 0 Å². The lowest BCUT2D eigenvalue weighted by atomic mass is 9.58. The molecule has 2 spiro atoms. The van der Waals surface area contributed by atoms with Gasteiger partial charge in [-0.3, -0.25) is 0 Å². The van der Waals surface area contributed by atoms with Gasteiger partial charge in [-0.1, -0.05) is 157 Å². The third-order valence-corrected chi connectivity index (χ3v) is 15.1. The van der Waals surface area contributed by atoms with Crippen molar-refractivity contribution in [3.63, 3.8) is 0 Å². The SMILES string of the molecule is COC(=O)C1(C)OCC2(CO1)c1ccccc1-c1ccccc12.O=C(O)C1(c2ccc(Cl)cc2)OCC(Cc2ccccc2)(Cc2ccccc2)CO1.O=C(O)C1OCC2(CCC2c2ccc(Cl)cc2)CO1. The molecule has 1 unspecified atom stereocenters. The minimum atomic E-state index is -1.83. The lowest BCUT2D eigenvalue weighted by Crippen LogP contribution is -2.54. The molecule has 2 N–H and O–H groups in total. The molecule has 14 heteroatoms. The Balaban J connectivity index is 0.000000137. The topological polar surface area (TPSA) is 156 Å².